The fourth-order valence-corrected chi connectivity index (χ4v) is 2.78. The number of para-hydroxylation sites is 1. The van der Waals surface area contributed by atoms with Gasteiger partial charge in [0.15, 0.2) is 5.82 Å². The molecule has 3 nitrogen and oxygen atoms in total. The van der Waals surface area contributed by atoms with Gasteiger partial charge in [-0.2, -0.15) is 0 Å². The van der Waals surface area contributed by atoms with Crippen molar-refractivity contribution < 1.29 is 4.39 Å². The number of halogens is 2. The molecule has 0 unspecified atom stereocenters. The molecular formula is C15H13BrFN3. The molecule has 0 radical (unpaired) electrons. The van der Waals surface area contributed by atoms with E-state index in [0.29, 0.717) is 23.6 Å². The van der Waals surface area contributed by atoms with Crippen LogP contribution in [-0.4, -0.2) is 9.55 Å². The standard InChI is InChI=1S/C15H13BrFN3/c1-2-20-13-5-3-4-12(17)14(13)19-15(20)10-8-9(18)6-7-11(10)16/h3-8H,2,18H2,1H3. The summed E-state index contributed by atoms with van der Waals surface area (Å²) in [5, 5.41) is 0. The summed E-state index contributed by atoms with van der Waals surface area (Å²) in [6.07, 6.45) is 0. The molecule has 1 heterocycles. The first-order valence-corrected chi connectivity index (χ1v) is 7.11. The van der Waals surface area contributed by atoms with Crippen molar-refractivity contribution in [2.45, 2.75) is 13.5 Å². The van der Waals surface area contributed by atoms with Gasteiger partial charge in [-0.05, 0) is 37.3 Å². The third kappa shape index (κ3) is 1.98. The lowest BCUT2D eigenvalue weighted by Gasteiger charge is -2.08. The van der Waals surface area contributed by atoms with E-state index in [1.165, 1.54) is 6.07 Å². The first-order valence-electron chi connectivity index (χ1n) is 6.32. The number of fused-ring (bicyclic) bond motifs is 1. The molecule has 3 rings (SSSR count). The molecule has 0 atom stereocenters. The first kappa shape index (κ1) is 13.1. The third-order valence-electron chi connectivity index (χ3n) is 3.28. The zero-order valence-electron chi connectivity index (χ0n) is 10.9. The summed E-state index contributed by atoms with van der Waals surface area (Å²) in [6, 6.07) is 10.5. The molecule has 0 amide bonds. The second-order valence-electron chi connectivity index (χ2n) is 4.53. The quantitative estimate of drug-likeness (QED) is 0.714. The number of imidazole rings is 1. The van der Waals surface area contributed by atoms with Gasteiger partial charge in [0.25, 0.3) is 0 Å². The Morgan fingerprint density at radius 3 is 2.85 bits per heavy atom. The molecule has 1 aromatic heterocycles. The van der Waals surface area contributed by atoms with Crippen LogP contribution < -0.4 is 5.73 Å². The van der Waals surface area contributed by atoms with Gasteiger partial charge in [0.05, 0.1) is 5.52 Å². The number of nitrogens with two attached hydrogens (primary N) is 1. The van der Waals surface area contributed by atoms with Crippen LogP contribution in [0.3, 0.4) is 0 Å². The van der Waals surface area contributed by atoms with E-state index in [1.807, 2.05) is 35.8 Å². The predicted molar refractivity (Wildman–Crippen MR) is 82.9 cm³/mol. The van der Waals surface area contributed by atoms with E-state index in [2.05, 4.69) is 20.9 Å². The second kappa shape index (κ2) is 4.90. The van der Waals surface area contributed by atoms with Gasteiger partial charge in [-0.25, -0.2) is 9.37 Å². The van der Waals surface area contributed by atoms with Crippen LogP contribution in [0.1, 0.15) is 6.92 Å². The molecule has 20 heavy (non-hydrogen) atoms. The zero-order valence-corrected chi connectivity index (χ0v) is 12.5. The highest BCUT2D eigenvalue weighted by molar-refractivity contribution is 9.10. The van der Waals surface area contributed by atoms with Gasteiger partial charge in [0, 0.05) is 22.3 Å². The van der Waals surface area contributed by atoms with Crippen LogP contribution in [0.15, 0.2) is 40.9 Å². The van der Waals surface area contributed by atoms with Gasteiger partial charge in [0.1, 0.15) is 11.3 Å². The minimum atomic E-state index is -0.309. The molecule has 0 saturated heterocycles. The Labute approximate surface area is 124 Å². The zero-order chi connectivity index (χ0) is 14.3. The topological polar surface area (TPSA) is 43.8 Å². The van der Waals surface area contributed by atoms with Crippen molar-refractivity contribution in [1.82, 2.24) is 9.55 Å². The van der Waals surface area contributed by atoms with Gasteiger partial charge in [-0.1, -0.05) is 22.0 Å². The highest BCUT2D eigenvalue weighted by atomic mass is 79.9. The van der Waals surface area contributed by atoms with E-state index >= 15 is 0 Å². The van der Waals surface area contributed by atoms with E-state index in [9.17, 15) is 4.39 Å². The summed E-state index contributed by atoms with van der Waals surface area (Å²) in [6.45, 7) is 2.71. The molecule has 0 fully saturated rings. The SMILES string of the molecule is CCn1c(-c2cc(N)ccc2Br)nc2c(F)cccc21. The summed E-state index contributed by atoms with van der Waals surface area (Å²) >= 11 is 3.50. The van der Waals surface area contributed by atoms with Gasteiger partial charge in [-0.15, -0.1) is 0 Å². The number of rotatable bonds is 2. The maximum atomic E-state index is 13.9. The van der Waals surface area contributed by atoms with Gasteiger partial charge in [-0.3, -0.25) is 0 Å². The predicted octanol–water partition coefficient (Wildman–Crippen LogP) is 4.21. The highest BCUT2D eigenvalue weighted by Gasteiger charge is 2.16. The maximum Gasteiger partial charge on any atom is 0.151 e. The van der Waals surface area contributed by atoms with Crippen LogP contribution in [0.2, 0.25) is 0 Å². The van der Waals surface area contributed by atoms with Gasteiger partial charge >= 0.3 is 0 Å². The minimum Gasteiger partial charge on any atom is -0.399 e. The molecular weight excluding hydrogens is 321 g/mol. The molecule has 0 bridgehead atoms. The summed E-state index contributed by atoms with van der Waals surface area (Å²) in [5.41, 5.74) is 8.54. The molecule has 0 spiro atoms. The van der Waals surface area contributed by atoms with Gasteiger partial charge < -0.3 is 10.3 Å². The summed E-state index contributed by atoms with van der Waals surface area (Å²) in [7, 11) is 0. The van der Waals surface area contributed by atoms with Crippen molar-refractivity contribution in [2.24, 2.45) is 0 Å². The summed E-state index contributed by atoms with van der Waals surface area (Å²) < 4.78 is 16.8. The Hall–Kier alpha value is -1.88. The minimum absolute atomic E-state index is 0.309. The first-order chi connectivity index (χ1) is 9.61. The number of hydrogen-bond acceptors (Lipinski definition) is 2. The Bertz CT molecular complexity index is 795. The van der Waals surface area contributed by atoms with Crippen molar-refractivity contribution in [3.8, 4) is 11.4 Å². The summed E-state index contributed by atoms with van der Waals surface area (Å²) in [4.78, 5) is 4.46. The molecule has 0 aliphatic heterocycles. The van der Waals surface area contributed by atoms with Crippen molar-refractivity contribution in [3.63, 3.8) is 0 Å². The number of nitrogens with zero attached hydrogens (tertiary/aromatic N) is 2. The molecule has 0 aliphatic rings. The van der Waals surface area contributed by atoms with E-state index in [-0.39, 0.29) is 5.82 Å². The van der Waals surface area contributed by atoms with E-state index in [4.69, 9.17) is 5.73 Å². The maximum absolute atomic E-state index is 13.9. The number of nitrogen functional groups attached to an aromatic ring is 1. The number of benzene rings is 2. The molecule has 0 saturated carbocycles. The molecule has 3 aromatic rings. The van der Waals surface area contributed by atoms with Crippen LogP contribution in [0.5, 0.6) is 0 Å². The Balaban J connectivity index is 2.36. The molecule has 2 N–H and O–H groups in total. The van der Waals surface area contributed by atoms with Crippen molar-refractivity contribution in [2.75, 3.05) is 5.73 Å². The Morgan fingerprint density at radius 1 is 1.30 bits per heavy atom. The fraction of sp³-hybridized carbons (Fsp3) is 0.133. The van der Waals surface area contributed by atoms with Crippen LogP contribution >= 0.6 is 15.9 Å². The lowest BCUT2D eigenvalue weighted by atomic mass is 10.2. The lowest BCUT2D eigenvalue weighted by molar-refractivity contribution is 0.637. The molecule has 5 heteroatoms. The second-order valence-corrected chi connectivity index (χ2v) is 5.38. The van der Waals surface area contributed by atoms with Crippen LogP contribution in [0, 0.1) is 5.82 Å². The van der Waals surface area contributed by atoms with E-state index in [1.54, 1.807) is 6.07 Å². The highest BCUT2D eigenvalue weighted by Crippen LogP contribution is 2.32. The molecule has 0 aliphatic carbocycles. The number of aromatic nitrogens is 2. The average molecular weight is 334 g/mol. The normalized spacial score (nSPS) is 11.2. The van der Waals surface area contributed by atoms with E-state index in [0.717, 1.165) is 15.6 Å². The third-order valence-corrected chi connectivity index (χ3v) is 3.97. The summed E-state index contributed by atoms with van der Waals surface area (Å²) in [5.74, 6) is 0.405. The Kier molecular flexibility index (Phi) is 3.22. The molecule has 2 aromatic carbocycles. The lowest BCUT2D eigenvalue weighted by Crippen LogP contribution is -1.98. The van der Waals surface area contributed by atoms with Crippen molar-refractivity contribution in [3.05, 3.63) is 46.7 Å². The number of hydrogen-bond donors (Lipinski definition) is 1. The fourth-order valence-electron chi connectivity index (χ4n) is 2.35. The number of anilines is 1. The number of aryl methyl sites for hydroxylation is 1. The van der Waals surface area contributed by atoms with Crippen LogP contribution in [0.25, 0.3) is 22.4 Å². The largest absolute Gasteiger partial charge is 0.399 e. The van der Waals surface area contributed by atoms with Gasteiger partial charge in [0.2, 0.25) is 0 Å². The smallest absolute Gasteiger partial charge is 0.151 e. The van der Waals surface area contributed by atoms with Crippen molar-refractivity contribution >= 4 is 32.7 Å². The molecule has 102 valence electrons. The monoisotopic (exact) mass is 333 g/mol. The Morgan fingerprint density at radius 2 is 2.10 bits per heavy atom. The van der Waals surface area contributed by atoms with Crippen LogP contribution in [-0.2, 0) is 6.54 Å². The van der Waals surface area contributed by atoms with E-state index < -0.39 is 0 Å². The average Bonchev–Trinajstić information content (AvgIpc) is 2.81. The van der Waals surface area contributed by atoms with Crippen molar-refractivity contribution in [1.29, 1.82) is 0 Å². The van der Waals surface area contributed by atoms with Crippen LogP contribution in [0.4, 0.5) is 10.1 Å².